The number of carbonyl (C=O) groups excluding carboxylic acids is 3. The Morgan fingerprint density at radius 3 is 2.46 bits per heavy atom. The summed E-state index contributed by atoms with van der Waals surface area (Å²) in [5.74, 6) is -1.65. The Kier molecular flexibility index (Phi) is 8.15. The molecule has 3 N–H and O–H groups in total. The molecule has 8 nitrogen and oxygen atoms in total. The van der Waals surface area contributed by atoms with Crippen molar-refractivity contribution in [3.8, 4) is 5.75 Å². The molecule has 0 unspecified atom stereocenters. The predicted octanol–water partition coefficient (Wildman–Crippen LogP) is 6.12. The van der Waals surface area contributed by atoms with Crippen LogP contribution in [0.4, 0.5) is 11.4 Å². The van der Waals surface area contributed by atoms with Gasteiger partial charge in [0.2, 0.25) is 0 Å². The Morgan fingerprint density at radius 1 is 0.973 bits per heavy atom. The number of hydrogen-bond donors (Lipinski definition) is 3. The van der Waals surface area contributed by atoms with Gasteiger partial charge in [-0.2, -0.15) is 0 Å². The van der Waals surface area contributed by atoms with E-state index in [2.05, 4.69) is 32.0 Å². The van der Waals surface area contributed by atoms with Crippen molar-refractivity contribution < 1.29 is 19.1 Å². The molecule has 0 bridgehead atoms. The first-order valence-corrected chi connectivity index (χ1v) is 12.7. The van der Waals surface area contributed by atoms with Gasteiger partial charge in [0.25, 0.3) is 5.91 Å². The lowest BCUT2D eigenvalue weighted by Gasteiger charge is -2.14. The second-order valence-electron chi connectivity index (χ2n) is 8.20. The van der Waals surface area contributed by atoms with Crippen molar-refractivity contribution in [2.24, 2.45) is 0 Å². The fourth-order valence-corrected chi connectivity index (χ4v) is 4.15. The SMILES string of the molecule is CCCOc1ccc(NC(=O)C(=O)Nn2c(C(=O)Nc3cccc(Cl)c3C)cc3cc(Br)ccc32)cc1. The molecular weight excluding hydrogens is 560 g/mol. The van der Waals surface area contributed by atoms with E-state index >= 15 is 0 Å². The number of halogens is 2. The Labute approximate surface area is 227 Å². The fraction of sp³-hybridized carbons (Fsp3) is 0.148. The van der Waals surface area contributed by atoms with E-state index in [4.69, 9.17) is 16.3 Å². The third kappa shape index (κ3) is 6.12. The van der Waals surface area contributed by atoms with Crippen molar-refractivity contribution in [1.29, 1.82) is 0 Å². The number of nitrogens with zero attached hydrogens (tertiary/aromatic N) is 1. The third-order valence-electron chi connectivity index (χ3n) is 5.52. The molecule has 4 rings (SSSR count). The highest BCUT2D eigenvalue weighted by Crippen LogP contribution is 2.26. The molecule has 0 saturated heterocycles. The van der Waals surface area contributed by atoms with Crippen LogP contribution >= 0.6 is 27.5 Å². The molecule has 0 saturated carbocycles. The fourth-order valence-electron chi connectivity index (χ4n) is 3.60. The van der Waals surface area contributed by atoms with Gasteiger partial charge in [0.15, 0.2) is 0 Å². The lowest BCUT2D eigenvalue weighted by Crippen LogP contribution is -2.36. The predicted molar refractivity (Wildman–Crippen MR) is 149 cm³/mol. The second kappa shape index (κ2) is 11.5. The lowest BCUT2D eigenvalue weighted by molar-refractivity contribution is -0.133. The van der Waals surface area contributed by atoms with Crippen molar-refractivity contribution in [2.45, 2.75) is 20.3 Å². The van der Waals surface area contributed by atoms with E-state index in [1.807, 2.05) is 13.0 Å². The largest absolute Gasteiger partial charge is 0.494 e. The molecule has 10 heteroatoms. The van der Waals surface area contributed by atoms with Crippen molar-refractivity contribution in [2.75, 3.05) is 22.7 Å². The van der Waals surface area contributed by atoms with Crippen molar-refractivity contribution in [3.05, 3.63) is 87.5 Å². The van der Waals surface area contributed by atoms with Crippen molar-refractivity contribution in [3.63, 3.8) is 0 Å². The molecule has 3 aromatic carbocycles. The van der Waals surface area contributed by atoms with Gasteiger partial charge >= 0.3 is 11.8 Å². The summed E-state index contributed by atoms with van der Waals surface area (Å²) in [4.78, 5) is 38.7. The Morgan fingerprint density at radius 2 is 1.73 bits per heavy atom. The molecule has 0 atom stereocenters. The lowest BCUT2D eigenvalue weighted by atomic mass is 10.2. The zero-order valence-corrected chi connectivity index (χ0v) is 22.4. The van der Waals surface area contributed by atoms with Gasteiger partial charge in [-0.1, -0.05) is 40.5 Å². The van der Waals surface area contributed by atoms with Crippen LogP contribution in [0, 0.1) is 6.92 Å². The summed E-state index contributed by atoms with van der Waals surface area (Å²) in [7, 11) is 0. The summed E-state index contributed by atoms with van der Waals surface area (Å²) in [6.45, 7) is 4.38. The normalized spacial score (nSPS) is 10.7. The summed E-state index contributed by atoms with van der Waals surface area (Å²) >= 11 is 9.61. The first kappa shape index (κ1) is 26.2. The molecule has 4 aromatic rings. The summed E-state index contributed by atoms with van der Waals surface area (Å²) < 4.78 is 7.62. The number of nitrogens with one attached hydrogen (secondary N) is 3. The molecule has 0 spiro atoms. The highest BCUT2D eigenvalue weighted by atomic mass is 79.9. The highest BCUT2D eigenvalue weighted by molar-refractivity contribution is 9.10. The number of amides is 3. The number of hydrogen-bond acceptors (Lipinski definition) is 4. The zero-order chi connectivity index (χ0) is 26.5. The molecule has 37 heavy (non-hydrogen) atoms. The maximum absolute atomic E-state index is 13.3. The van der Waals surface area contributed by atoms with Crippen molar-refractivity contribution >= 4 is 67.5 Å². The molecule has 190 valence electrons. The van der Waals surface area contributed by atoms with Gasteiger partial charge in [-0.3, -0.25) is 19.8 Å². The minimum absolute atomic E-state index is 0.131. The summed E-state index contributed by atoms with van der Waals surface area (Å²) in [6.07, 6.45) is 0.877. The first-order valence-electron chi connectivity index (χ1n) is 11.5. The molecular formula is C27H24BrClN4O4. The molecule has 0 aliphatic carbocycles. The van der Waals surface area contributed by atoms with Crippen LogP contribution in [-0.4, -0.2) is 29.0 Å². The summed E-state index contributed by atoms with van der Waals surface area (Å²) in [5.41, 5.74) is 4.88. The van der Waals surface area contributed by atoms with Crippen molar-refractivity contribution in [1.82, 2.24) is 4.68 Å². The van der Waals surface area contributed by atoms with E-state index in [1.165, 1.54) is 4.68 Å². The summed E-state index contributed by atoms with van der Waals surface area (Å²) in [5, 5.41) is 6.58. The second-order valence-corrected chi connectivity index (χ2v) is 9.53. The Hall–Kier alpha value is -3.82. The van der Waals surface area contributed by atoms with Crippen LogP contribution in [0.2, 0.25) is 5.02 Å². The van der Waals surface area contributed by atoms with Crippen LogP contribution in [0.1, 0.15) is 29.4 Å². The number of ether oxygens (including phenoxy) is 1. The molecule has 0 aliphatic rings. The Balaban J connectivity index is 1.56. The quantitative estimate of drug-likeness (QED) is 0.228. The molecule has 0 aliphatic heterocycles. The number of rotatable bonds is 7. The Bertz CT molecular complexity index is 1480. The average Bonchev–Trinajstić information content (AvgIpc) is 3.23. The van der Waals surface area contributed by atoms with Gasteiger partial charge < -0.3 is 15.4 Å². The van der Waals surface area contributed by atoms with E-state index in [1.54, 1.807) is 67.6 Å². The minimum Gasteiger partial charge on any atom is -0.494 e. The number of anilines is 2. The molecule has 1 aromatic heterocycles. The van der Waals surface area contributed by atoms with E-state index in [9.17, 15) is 14.4 Å². The standard InChI is InChI=1S/C27H24BrClN4O4/c1-3-13-37-20-10-8-19(9-11-20)30-26(35)27(36)32-33-23-12-7-18(28)14-17(23)15-24(33)25(34)31-22-6-4-5-21(29)16(22)2/h4-12,14-15H,3,13H2,1-2H3,(H,30,35)(H,31,34)(H,32,36). The number of benzene rings is 3. The van der Waals surface area contributed by atoms with Crippen LogP contribution in [-0.2, 0) is 9.59 Å². The number of aromatic nitrogens is 1. The van der Waals surface area contributed by atoms with Crippen LogP contribution in [0.25, 0.3) is 10.9 Å². The van der Waals surface area contributed by atoms with E-state index in [0.29, 0.717) is 45.2 Å². The first-order chi connectivity index (χ1) is 17.8. The maximum atomic E-state index is 13.3. The van der Waals surface area contributed by atoms with E-state index < -0.39 is 17.7 Å². The monoisotopic (exact) mass is 582 g/mol. The van der Waals surface area contributed by atoms with Crippen LogP contribution in [0.15, 0.2) is 71.2 Å². The zero-order valence-electron chi connectivity index (χ0n) is 20.1. The molecule has 0 radical (unpaired) electrons. The summed E-state index contributed by atoms with van der Waals surface area (Å²) in [6, 6.07) is 18.8. The minimum atomic E-state index is -0.945. The average molecular weight is 584 g/mol. The van der Waals surface area contributed by atoms with Crippen LogP contribution in [0.3, 0.4) is 0 Å². The van der Waals surface area contributed by atoms with E-state index in [0.717, 1.165) is 10.9 Å². The number of carbonyl (C=O) groups is 3. The topological polar surface area (TPSA) is 101 Å². The van der Waals surface area contributed by atoms with Crippen LogP contribution in [0.5, 0.6) is 5.75 Å². The van der Waals surface area contributed by atoms with Gasteiger partial charge in [0.05, 0.1) is 12.1 Å². The molecule has 1 heterocycles. The van der Waals surface area contributed by atoms with Gasteiger partial charge in [0, 0.05) is 26.3 Å². The number of fused-ring (bicyclic) bond motifs is 1. The van der Waals surface area contributed by atoms with Crippen LogP contribution < -0.4 is 20.8 Å². The van der Waals surface area contributed by atoms with Gasteiger partial charge in [-0.15, -0.1) is 0 Å². The van der Waals surface area contributed by atoms with Gasteiger partial charge in [-0.25, -0.2) is 4.68 Å². The van der Waals surface area contributed by atoms with Gasteiger partial charge in [0.1, 0.15) is 11.4 Å². The highest BCUT2D eigenvalue weighted by Gasteiger charge is 2.22. The molecule has 3 amide bonds. The smallest absolute Gasteiger partial charge is 0.328 e. The maximum Gasteiger partial charge on any atom is 0.328 e. The van der Waals surface area contributed by atoms with E-state index in [-0.39, 0.29) is 5.69 Å². The third-order valence-corrected chi connectivity index (χ3v) is 6.42. The molecule has 0 fully saturated rings. The van der Waals surface area contributed by atoms with Gasteiger partial charge in [-0.05, 0) is 79.6 Å².